The number of anilines is 1. The Hall–Kier alpha value is -1.16. The number of hydrogen-bond donors (Lipinski definition) is 1. The molecular weight excluding hydrogens is 176 g/mol. The van der Waals surface area contributed by atoms with Crippen LogP contribution < -0.4 is 10.2 Å². The molecule has 4 nitrogen and oxygen atoms in total. The topological polar surface area (TPSA) is 41.1 Å². The molecule has 1 fully saturated rings. The number of nitrogens with zero attached hydrogens (tertiary/aromatic N) is 3. The van der Waals surface area contributed by atoms with Gasteiger partial charge in [-0.2, -0.15) is 0 Å². The van der Waals surface area contributed by atoms with Gasteiger partial charge in [-0.1, -0.05) is 0 Å². The third-order valence-corrected chi connectivity index (χ3v) is 2.49. The summed E-state index contributed by atoms with van der Waals surface area (Å²) in [6, 6.07) is 2.29. The molecule has 0 aromatic carbocycles. The predicted molar refractivity (Wildman–Crippen MR) is 56.3 cm³/mol. The zero-order valence-electron chi connectivity index (χ0n) is 8.70. The van der Waals surface area contributed by atoms with Gasteiger partial charge in [-0.15, -0.1) is 0 Å². The molecule has 1 aromatic heterocycles. The monoisotopic (exact) mass is 192 g/mol. The number of aromatic nitrogens is 2. The third-order valence-electron chi connectivity index (χ3n) is 2.49. The lowest BCUT2D eigenvalue weighted by molar-refractivity contribution is 0.604. The summed E-state index contributed by atoms with van der Waals surface area (Å²) >= 11 is 0. The van der Waals surface area contributed by atoms with E-state index in [9.17, 15) is 0 Å². The quantitative estimate of drug-likeness (QED) is 0.758. The van der Waals surface area contributed by atoms with Crippen LogP contribution in [0.1, 0.15) is 24.7 Å². The van der Waals surface area contributed by atoms with Gasteiger partial charge < -0.3 is 10.2 Å². The molecule has 1 aliphatic heterocycles. The van der Waals surface area contributed by atoms with E-state index in [-0.39, 0.29) is 0 Å². The largest absolute Gasteiger partial charge is 0.363 e. The fourth-order valence-electron chi connectivity index (χ4n) is 1.69. The normalized spacial score (nSPS) is 21.1. The van der Waals surface area contributed by atoms with Crippen LogP contribution in [0.2, 0.25) is 0 Å². The fraction of sp³-hybridized carbons (Fsp3) is 0.600. The zero-order chi connectivity index (χ0) is 9.97. The summed E-state index contributed by atoms with van der Waals surface area (Å²) in [7, 11) is 3.99. The van der Waals surface area contributed by atoms with E-state index < -0.39 is 0 Å². The second-order valence-corrected chi connectivity index (χ2v) is 3.82. The highest BCUT2D eigenvalue weighted by Crippen LogP contribution is 2.20. The highest BCUT2D eigenvalue weighted by molar-refractivity contribution is 5.35. The van der Waals surface area contributed by atoms with Gasteiger partial charge in [-0.05, 0) is 25.5 Å². The van der Waals surface area contributed by atoms with Crippen molar-refractivity contribution in [3.05, 3.63) is 18.1 Å². The number of nitrogens with one attached hydrogen (secondary N) is 1. The maximum atomic E-state index is 4.51. The molecule has 0 amide bonds. The van der Waals surface area contributed by atoms with Crippen LogP contribution in [0.3, 0.4) is 0 Å². The molecule has 14 heavy (non-hydrogen) atoms. The van der Waals surface area contributed by atoms with Crippen molar-refractivity contribution in [1.82, 2.24) is 15.3 Å². The van der Waals surface area contributed by atoms with Crippen LogP contribution in [0.15, 0.2) is 12.3 Å². The molecule has 2 heterocycles. The van der Waals surface area contributed by atoms with Crippen LogP contribution in [0.25, 0.3) is 0 Å². The molecule has 2 rings (SSSR count). The maximum Gasteiger partial charge on any atom is 0.147 e. The molecule has 1 atom stereocenters. The molecular formula is C10H16N4. The average molecular weight is 192 g/mol. The van der Waals surface area contributed by atoms with Crippen LogP contribution in [0, 0.1) is 0 Å². The molecule has 1 N–H and O–H groups in total. The summed E-state index contributed by atoms with van der Waals surface area (Å²) in [5, 5.41) is 3.40. The SMILES string of the molecule is CN(C)c1ccnc([C@@H]2CCCN2)n1. The first-order valence-electron chi connectivity index (χ1n) is 5.01. The van der Waals surface area contributed by atoms with Crippen LogP contribution in [0.4, 0.5) is 5.82 Å². The fourth-order valence-corrected chi connectivity index (χ4v) is 1.69. The van der Waals surface area contributed by atoms with E-state index in [0.717, 1.165) is 24.6 Å². The Morgan fingerprint density at radius 2 is 2.36 bits per heavy atom. The number of hydrogen-bond acceptors (Lipinski definition) is 4. The van der Waals surface area contributed by atoms with E-state index in [4.69, 9.17) is 0 Å². The van der Waals surface area contributed by atoms with Gasteiger partial charge in [0.2, 0.25) is 0 Å². The molecule has 76 valence electrons. The molecule has 1 aromatic rings. The second-order valence-electron chi connectivity index (χ2n) is 3.82. The third kappa shape index (κ3) is 1.85. The van der Waals surface area contributed by atoms with E-state index in [2.05, 4.69) is 15.3 Å². The van der Waals surface area contributed by atoms with Gasteiger partial charge in [0.05, 0.1) is 6.04 Å². The van der Waals surface area contributed by atoms with Crippen LogP contribution in [-0.4, -0.2) is 30.6 Å². The molecule has 0 radical (unpaired) electrons. The standard InChI is InChI=1S/C10H16N4/c1-14(2)9-5-7-12-10(13-9)8-4-3-6-11-8/h5,7-8,11H,3-4,6H2,1-2H3/t8-/m0/s1. The molecule has 4 heteroatoms. The minimum Gasteiger partial charge on any atom is -0.363 e. The molecule has 0 unspecified atom stereocenters. The Balaban J connectivity index is 2.21. The lowest BCUT2D eigenvalue weighted by Crippen LogP contribution is -2.18. The Bertz CT molecular complexity index is 305. The minimum absolute atomic E-state index is 0.356. The summed E-state index contributed by atoms with van der Waals surface area (Å²) in [4.78, 5) is 10.8. The van der Waals surface area contributed by atoms with E-state index in [1.54, 1.807) is 0 Å². The molecule has 0 saturated carbocycles. The van der Waals surface area contributed by atoms with E-state index in [1.165, 1.54) is 6.42 Å². The lowest BCUT2D eigenvalue weighted by Gasteiger charge is -2.14. The van der Waals surface area contributed by atoms with E-state index in [0.29, 0.717) is 6.04 Å². The van der Waals surface area contributed by atoms with Gasteiger partial charge in [-0.25, -0.2) is 9.97 Å². The van der Waals surface area contributed by atoms with Gasteiger partial charge in [-0.3, -0.25) is 0 Å². The molecule has 0 bridgehead atoms. The summed E-state index contributed by atoms with van der Waals surface area (Å²) in [6.07, 6.45) is 4.20. The first kappa shape index (κ1) is 9.40. The highest BCUT2D eigenvalue weighted by Gasteiger charge is 2.18. The first-order valence-corrected chi connectivity index (χ1v) is 5.01. The van der Waals surface area contributed by atoms with Crippen molar-refractivity contribution >= 4 is 5.82 Å². The molecule has 1 aliphatic rings. The van der Waals surface area contributed by atoms with Crippen molar-refractivity contribution in [2.24, 2.45) is 0 Å². The van der Waals surface area contributed by atoms with E-state index in [1.807, 2.05) is 31.3 Å². The molecule has 1 saturated heterocycles. The smallest absolute Gasteiger partial charge is 0.147 e. The Labute approximate surface area is 84.4 Å². The Kier molecular flexibility index (Phi) is 2.63. The van der Waals surface area contributed by atoms with Gasteiger partial charge >= 0.3 is 0 Å². The van der Waals surface area contributed by atoms with Gasteiger partial charge in [0.1, 0.15) is 11.6 Å². The summed E-state index contributed by atoms with van der Waals surface area (Å²) < 4.78 is 0. The highest BCUT2D eigenvalue weighted by atomic mass is 15.2. The summed E-state index contributed by atoms with van der Waals surface area (Å²) in [6.45, 7) is 1.08. The van der Waals surface area contributed by atoms with Crippen molar-refractivity contribution < 1.29 is 0 Å². The lowest BCUT2D eigenvalue weighted by atomic mass is 10.2. The Morgan fingerprint density at radius 3 is 3.00 bits per heavy atom. The molecule has 0 spiro atoms. The van der Waals surface area contributed by atoms with Gasteiger partial charge in [0.25, 0.3) is 0 Å². The van der Waals surface area contributed by atoms with Crippen LogP contribution in [-0.2, 0) is 0 Å². The van der Waals surface area contributed by atoms with Crippen molar-refractivity contribution in [2.45, 2.75) is 18.9 Å². The first-order chi connectivity index (χ1) is 6.77. The van der Waals surface area contributed by atoms with Crippen molar-refractivity contribution in [1.29, 1.82) is 0 Å². The number of rotatable bonds is 2. The van der Waals surface area contributed by atoms with Crippen LogP contribution in [0.5, 0.6) is 0 Å². The maximum absolute atomic E-state index is 4.51. The van der Waals surface area contributed by atoms with Crippen molar-refractivity contribution in [2.75, 3.05) is 25.5 Å². The summed E-state index contributed by atoms with van der Waals surface area (Å²) in [5.41, 5.74) is 0. The van der Waals surface area contributed by atoms with Crippen molar-refractivity contribution in [3.8, 4) is 0 Å². The minimum atomic E-state index is 0.356. The van der Waals surface area contributed by atoms with E-state index >= 15 is 0 Å². The molecule has 0 aliphatic carbocycles. The van der Waals surface area contributed by atoms with Gasteiger partial charge in [0, 0.05) is 20.3 Å². The van der Waals surface area contributed by atoms with Crippen LogP contribution >= 0.6 is 0 Å². The second kappa shape index (κ2) is 3.92. The zero-order valence-corrected chi connectivity index (χ0v) is 8.70. The Morgan fingerprint density at radius 1 is 1.50 bits per heavy atom. The average Bonchev–Trinajstić information content (AvgIpc) is 2.71. The van der Waals surface area contributed by atoms with Crippen molar-refractivity contribution in [3.63, 3.8) is 0 Å². The van der Waals surface area contributed by atoms with Gasteiger partial charge in [0.15, 0.2) is 0 Å². The summed E-state index contributed by atoms with van der Waals surface area (Å²) in [5.74, 6) is 1.90. The predicted octanol–water partition coefficient (Wildman–Crippen LogP) is 0.967.